The predicted octanol–water partition coefficient (Wildman–Crippen LogP) is -0.832. The van der Waals surface area contributed by atoms with Crippen LogP contribution in [0.4, 0.5) is 0 Å². The smallest absolute Gasteiger partial charge is 0.00978 e. The first-order valence-corrected chi connectivity index (χ1v) is 4.26. The third kappa shape index (κ3) is 9.84. The number of rotatable bonds is 8. The Bertz CT molecular complexity index is 59.5. The molecule has 0 unspecified atom stereocenters. The maximum atomic E-state index is 5.32. The zero-order chi connectivity index (χ0) is 8.36. The summed E-state index contributed by atoms with van der Waals surface area (Å²) in [5.41, 5.74) is 7.95. The van der Waals surface area contributed by atoms with E-state index in [9.17, 15) is 0 Å². The molecule has 0 aromatic carbocycles. The molecule has 11 heavy (non-hydrogen) atoms. The Morgan fingerprint density at radius 1 is 0.909 bits per heavy atom. The summed E-state index contributed by atoms with van der Waals surface area (Å²) in [6, 6.07) is 0. The Kier molecular flexibility index (Phi) is 9.70. The van der Waals surface area contributed by atoms with Gasteiger partial charge in [-0.15, -0.1) is 0 Å². The van der Waals surface area contributed by atoms with Gasteiger partial charge in [0.25, 0.3) is 0 Å². The summed E-state index contributed by atoms with van der Waals surface area (Å²) in [5, 5.41) is 3.30. The molecular weight excluding hydrogens is 140 g/mol. The van der Waals surface area contributed by atoms with Crippen LogP contribution < -0.4 is 22.3 Å². The number of nitrogens with two attached hydrogens (primary N) is 2. The van der Waals surface area contributed by atoms with E-state index in [1.807, 2.05) is 0 Å². The molecule has 0 amide bonds. The van der Waals surface area contributed by atoms with E-state index in [1.165, 1.54) is 6.42 Å². The van der Waals surface area contributed by atoms with Crippen molar-refractivity contribution in [1.82, 2.24) is 10.7 Å². The van der Waals surface area contributed by atoms with Crippen molar-refractivity contribution in [3.05, 3.63) is 0 Å². The second-order valence-electron chi connectivity index (χ2n) is 2.55. The third-order valence-electron chi connectivity index (χ3n) is 1.48. The molecule has 4 nitrogen and oxygen atoms in total. The summed E-state index contributed by atoms with van der Waals surface area (Å²) in [7, 11) is 0. The molecule has 0 bridgehead atoms. The van der Waals surface area contributed by atoms with Crippen LogP contribution in [-0.2, 0) is 0 Å². The Morgan fingerprint density at radius 3 is 2.18 bits per heavy atom. The SMILES string of the molecule is NCCCNCCCCNN. The normalized spacial score (nSPS) is 10.4. The van der Waals surface area contributed by atoms with Gasteiger partial charge in [-0.3, -0.25) is 11.3 Å². The number of hydrogen-bond donors (Lipinski definition) is 4. The lowest BCUT2D eigenvalue weighted by molar-refractivity contribution is 0.584. The zero-order valence-corrected chi connectivity index (χ0v) is 7.10. The molecule has 6 N–H and O–H groups in total. The molecule has 0 fully saturated rings. The average Bonchev–Trinajstić information content (AvgIpc) is 2.03. The van der Waals surface area contributed by atoms with Crippen molar-refractivity contribution in [3.8, 4) is 0 Å². The standard InChI is InChI=1S/C7H20N4/c8-4-3-6-10-5-1-2-7-11-9/h10-11H,1-9H2. The minimum absolute atomic E-state index is 0.775. The number of nitrogens with one attached hydrogen (secondary N) is 2. The van der Waals surface area contributed by atoms with E-state index in [-0.39, 0.29) is 0 Å². The molecule has 4 heteroatoms. The van der Waals surface area contributed by atoms with E-state index in [0.717, 1.165) is 39.0 Å². The van der Waals surface area contributed by atoms with Crippen molar-refractivity contribution in [1.29, 1.82) is 0 Å². The van der Waals surface area contributed by atoms with Gasteiger partial charge in [-0.1, -0.05) is 0 Å². The van der Waals surface area contributed by atoms with E-state index >= 15 is 0 Å². The fourth-order valence-electron chi connectivity index (χ4n) is 0.829. The van der Waals surface area contributed by atoms with Crippen LogP contribution in [0.1, 0.15) is 19.3 Å². The van der Waals surface area contributed by atoms with Gasteiger partial charge in [0, 0.05) is 6.54 Å². The maximum Gasteiger partial charge on any atom is 0.00978 e. The summed E-state index contributed by atoms with van der Waals surface area (Å²) < 4.78 is 0. The topological polar surface area (TPSA) is 76.1 Å². The number of hydrazine groups is 1. The van der Waals surface area contributed by atoms with Crippen molar-refractivity contribution in [2.75, 3.05) is 26.2 Å². The quantitative estimate of drug-likeness (QED) is 0.212. The molecular formula is C7H20N4. The summed E-state index contributed by atoms with van der Waals surface area (Å²) >= 11 is 0. The van der Waals surface area contributed by atoms with Gasteiger partial charge in [-0.05, 0) is 38.9 Å². The molecule has 0 aliphatic rings. The number of hydrogen-bond acceptors (Lipinski definition) is 4. The lowest BCUT2D eigenvalue weighted by Crippen LogP contribution is -2.24. The Hall–Kier alpha value is -0.160. The minimum Gasteiger partial charge on any atom is -0.330 e. The Labute approximate surface area is 68.7 Å². The van der Waals surface area contributed by atoms with Gasteiger partial charge in [0.2, 0.25) is 0 Å². The Balaban J connectivity index is 2.69. The molecule has 68 valence electrons. The summed E-state index contributed by atoms with van der Waals surface area (Å²) in [6.45, 7) is 3.78. The van der Waals surface area contributed by atoms with E-state index < -0.39 is 0 Å². The van der Waals surface area contributed by atoms with Crippen LogP contribution >= 0.6 is 0 Å². The predicted molar refractivity (Wildman–Crippen MR) is 48.0 cm³/mol. The third-order valence-corrected chi connectivity index (χ3v) is 1.48. The van der Waals surface area contributed by atoms with Crippen LogP contribution in [-0.4, -0.2) is 26.2 Å². The van der Waals surface area contributed by atoms with Gasteiger partial charge in [-0.2, -0.15) is 0 Å². The first-order chi connectivity index (χ1) is 5.41. The van der Waals surface area contributed by atoms with Gasteiger partial charge >= 0.3 is 0 Å². The van der Waals surface area contributed by atoms with Crippen LogP contribution in [0, 0.1) is 0 Å². The van der Waals surface area contributed by atoms with Crippen LogP contribution in [0.15, 0.2) is 0 Å². The molecule has 0 aromatic rings. The summed E-state index contributed by atoms with van der Waals surface area (Å²) in [6.07, 6.45) is 3.37. The molecule has 0 heterocycles. The number of unbranched alkanes of at least 4 members (excludes halogenated alkanes) is 1. The van der Waals surface area contributed by atoms with Crippen molar-refractivity contribution in [2.45, 2.75) is 19.3 Å². The first kappa shape index (κ1) is 10.8. The Morgan fingerprint density at radius 2 is 1.55 bits per heavy atom. The molecule has 0 spiro atoms. The van der Waals surface area contributed by atoms with E-state index in [0.29, 0.717) is 0 Å². The van der Waals surface area contributed by atoms with Gasteiger partial charge in [0.1, 0.15) is 0 Å². The highest BCUT2D eigenvalue weighted by atomic mass is 15.2. The first-order valence-electron chi connectivity index (χ1n) is 4.26. The van der Waals surface area contributed by atoms with Crippen molar-refractivity contribution >= 4 is 0 Å². The van der Waals surface area contributed by atoms with E-state index in [2.05, 4.69) is 10.7 Å². The van der Waals surface area contributed by atoms with Gasteiger partial charge in [-0.25, -0.2) is 0 Å². The maximum absolute atomic E-state index is 5.32. The molecule has 0 aliphatic carbocycles. The van der Waals surface area contributed by atoms with Gasteiger partial charge < -0.3 is 11.1 Å². The zero-order valence-electron chi connectivity index (χ0n) is 7.10. The monoisotopic (exact) mass is 160 g/mol. The molecule has 0 saturated carbocycles. The molecule has 0 rings (SSSR count). The highest BCUT2D eigenvalue weighted by Gasteiger charge is 1.86. The summed E-state index contributed by atoms with van der Waals surface area (Å²) in [5.74, 6) is 5.10. The van der Waals surface area contributed by atoms with E-state index in [1.54, 1.807) is 0 Å². The fraction of sp³-hybridized carbons (Fsp3) is 1.00. The second-order valence-corrected chi connectivity index (χ2v) is 2.55. The van der Waals surface area contributed by atoms with E-state index in [4.69, 9.17) is 11.6 Å². The summed E-state index contributed by atoms with van der Waals surface area (Å²) in [4.78, 5) is 0. The molecule has 0 aliphatic heterocycles. The minimum atomic E-state index is 0.775. The average molecular weight is 160 g/mol. The van der Waals surface area contributed by atoms with Crippen LogP contribution in [0.2, 0.25) is 0 Å². The molecule has 0 saturated heterocycles. The molecule has 0 radical (unpaired) electrons. The van der Waals surface area contributed by atoms with Crippen LogP contribution in [0.25, 0.3) is 0 Å². The molecule has 0 atom stereocenters. The van der Waals surface area contributed by atoms with Crippen molar-refractivity contribution in [2.24, 2.45) is 11.6 Å². The van der Waals surface area contributed by atoms with Gasteiger partial charge in [0.15, 0.2) is 0 Å². The lowest BCUT2D eigenvalue weighted by Gasteiger charge is -2.02. The van der Waals surface area contributed by atoms with Crippen LogP contribution in [0.3, 0.4) is 0 Å². The molecule has 0 aromatic heterocycles. The second kappa shape index (κ2) is 9.84. The van der Waals surface area contributed by atoms with Gasteiger partial charge in [0.05, 0.1) is 0 Å². The van der Waals surface area contributed by atoms with Crippen molar-refractivity contribution in [3.63, 3.8) is 0 Å². The highest BCUT2D eigenvalue weighted by molar-refractivity contribution is 4.49. The van der Waals surface area contributed by atoms with Crippen LogP contribution in [0.5, 0.6) is 0 Å². The fourth-order valence-corrected chi connectivity index (χ4v) is 0.829. The largest absolute Gasteiger partial charge is 0.330 e. The van der Waals surface area contributed by atoms with Crippen molar-refractivity contribution < 1.29 is 0 Å². The highest BCUT2D eigenvalue weighted by Crippen LogP contribution is 1.83. The lowest BCUT2D eigenvalue weighted by atomic mass is 10.3.